The van der Waals surface area contributed by atoms with Crippen molar-refractivity contribution in [1.82, 2.24) is 0 Å². The second-order valence-electron chi connectivity index (χ2n) is 5.11. The van der Waals surface area contributed by atoms with E-state index in [-0.39, 0.29) is 29.5 Å². The van der Waals surface area contributed by atoms with E-state index in [1.54, 1.807) is 0 Å². The molecule has 0 nitrogen and oxygen atoms in total. The summed E-state index contributed by atoms with van der Waals surface area (Å²) in [7, 11) is -0.409. The van der Waals surface area contributed by atoms with E-state index in [9.17, 15) is 0 Å². The van der Waals surface area contributed by atoms with Crippen molar-refractivity contribution in [1.29, 1.82) is 0 Å². The Morgan fingerprint density at radius 2 is 1.08 bits per heavy atom. The summed E-state index contributed by atoms with van der Waals surface area (Å²) in [5.41, 5.74) is 0. The number of halogens is 1. The molecule has 128 valence electrons. The molecule has 0 fully saturated rings. The van der Waals surface area contributed by atoms with Crippen LogP contribution in [0.5, 0.6) is 0 Å². The predicted molar refractivity (Wildman–Crippen MR) is 110 cm³/mol. The normalized spacial score (nSPS) is 9.32. The van der Waals surface area contributed by atoms with Gasteiger partial charge in [-0.2, -0.15) is 30.3 Å². The Balaban J connectivity index is 0.000000388. The number of benzene rings is 2. The second-order valence-corrected chi connectivity index (χ2v) is 7.33. The summed E-state index contributed by atoms with van der Waals surface area (Å²) >= 11 is 0. The van der Waals surface area contributed by atoms with Gasteiger partial charge in [-0.15, -0.1) is 17.7 Å². The maximum Gasteiger partial charge on any atom is 2.00 e. The third-order valence-electron chi connectivity index (χ3n) is 3.49. The maximum atomic E-state index is 2.23. The predicted octanol–water partition coefficient (Wildman–Crippen LogP) is 4.99. The Bertz CT molecular complexity index is 709. The fourth-order valence-electron chi connectivity index (χ4n) is 2.44. The molecular weight excluding hydrogens is 387 g/mol. The molecule has 0 N–H and O–H groups in total. The minimum absolute atomic E-state index is 0. The van der Waals surface area contributed by atoms with E-state index < -0.39 is 7.92 Å². The molecule has 0 radical (unpaired) electrons. The smallest absolute Gasteiger partial charge is 0.214 e. The average molecular weight is 407 g/mol. The minimum atomic E-state index is -0.409. The van der Waals surface area contributed by atoms with Gasteiger partial charge in [-0.05, 0) is 18.5 Å². The maximum absolute atomic E-state index is 2.23. The van der Waals surface area contributed by atoms with Crippen LogP contribution in [0.4, 0.5) is 0 Å². The summed E-state index contributed by atoms with van der Waals surface area (Å²) in [6, 6.07) is 40.2. The molecule has 0 bridgehead atoms. The van der Waals surface area contributed by atoms with Gasteiger partial charge in [0.05, 0.1) is 0 Å². The third kappa shape index (κ3) is 6.31. The van der Waals surface area contributed by atoms with Gasteiger partial charge in [0.15, 0.2) is 0 Å². The minimum Gasteiger partial charge on any atom is -0.214 e. The van der Waals surface area contributed by atoms with Crippen LogP contribution >= 0.6 is 20.3 Å². The van der Waals surface area contributed by atoms with Crippen LogP contribution in [-0.2, 0) is 17.1 Å². The number of hydrogen-bond donors (Lipinski definition) is 0. The zero-order valence-corrected chi connectivity index (χ0v) is 16.5. The SMILES string of the molecule is Cl.[Fe+2].c1cc[cH-]c1.c1ccc(P(c2ccccc2)c2ccc[cH-]2)cc1. The molecule has 3 heteroatoms. The van der Waals surface area contributed by atoms with Gasteiger partial charge in [-0.3, -0.25) is 0 Å². The average Bonchev–Trinajstić information content (AvgIpc) is 3.34. The first kappa shape index (κ1) is 21.4. The van der Waals surface area contributed by atoms with Gasteiger partial charge in [0.1, 0.15) is 0 Å². The van der Waals surface area contributed by atoms with Gasteiger partial charge < -0.3 is 0 Å². The first-order chi connectivity index (χ1) is 11.4. The standard InChI is InChI=1S/C17H14P.C5H5.ClH.Fe/c1-3-9-15(10-4-1)18(17-13-7-8-14-17)16-11-5-2-6-12-16;1-2-4-5-3-1;;/h1-14H;1-5H;1H;/q2*-1;;+2. The van der Waals surface area contributed by atoms with Gasteiger partial charge in [-0.25, -0.2) is 24.3 Å². The summed E-state index contributed by atoms with van der Waals surface area (Å²) < 4.78 is 0. The van der Waals surface area contributed by atoms with E-state index in [1.165, 1.54) is 15.9 Å². The second kappa shape index (κ2) is 11.9. The van der Waals surface area contributed by atoms with Crippen molar-refractivity contribution in [2.45, 2.75) is 0 Å². The molecule has 0 atom stereocenters. The molecule has 0 aliphatic carbocycles. The fraction of sp³-hybridized carbons (Fsp3) is 0. The molecule has 0 saturated carbocycles. The van der Waals surface area contributed by atoms with Crippen molar-refractivity contribution in [2.24, 2.45) is 0 Å². The van der Waals surface area contributed by atoms with Crippen LogP contribution in [0.3, 0.4) is 0 Å². The summed E-state index contributed by atoms with van der Waals surface area (Å²) in [4.78, 5) is 0. The van der Waals surface area contributed by atoms with Gasteiger partial charge in [-0.1, -0.05) is 60.7 Å². The Labute approximate surface area is 168 Å². The first-order valence-electron chi connectivity index (χ1n) is 7.74. The van der Waals surface area contributed by atoms with Crippen LogP contribution in [-0.4, -0.2) is 0 Å². The van der Waals surface area contributed by atoms with Crippen LogP contribution in [0.15, 0.2) is 115 Å². The Morgan fingerprint density at radius 1 is 0.560 bits per heavy atom. The monoisotopic (exact) mass is 406 g/mol. The van der Waals surface area contributed by atoms with Crippen molar-refractivity contribution in [2.75, 3.05) is 0 Å². The molecule has 4 aromatic carbocycles. The molecule has 25 heavy (non-hydrogen) atoms. The topological polar surface area (TPSA) is 0 Å². The van der Waals surface area contributed by atoms with Crippen LogP contribution in [0.25, 0.3) is 0 Å². The zero-order valence-electron chi connectivity index (χ0n) is 13.7. The van der Waals surface area contributed by atoms with Crippen molar-refractivity contribution >= 4 is 36.2 Å². The molecule has 0 unspecified atom stereocenters. The van der Waals surface area contributed by atoms with Gasteiger partial charge in [0.25, 0.3) is 0 Å². The molecule has 0 spiro atoms. The van der Waals surface area contributed by atoms with E-state index in [0.717, 1.165) is 0 Å². The van der Waals surface area contributed by atoms with Crippen molar-refractivity contribution in [3.8, 4) is 0 Å². The quantitative estimate of drug-likeness (QED) is 0.255. The fourth-order valence-corrected chi connectivity index (χ4v) is 4.74. The molecule has 0 aliphatic rings. The summed E-state index contributed by atoms with van der Waals surface area (Å²) in [5, 5.41) is 4.23. The number of hydrogen-bond acceptors (Lipinski definition) is 0. The van der Waals surface area contributed by atoms with Crippen molar-refractivity contribution in [3.05, 3.63) is 115 Å². The third-order valence-corrected chi connectivity index (χ3v) is 5.93. The summed E-state index contributed by atoms with van der Waals surface area (Å²) in [5.74, 6) is 0. The van der Waals surface area contributed by atoms with Gasteiger partial charge >= 0.3 is 17.1 Å². The summed E-state index contributed by atoms with van der Waals surface area (Å²) in [6.45, 7) is 0. The largest absolute Gasteiger partial charge is 2.00 e. The molecule has 0 aliphatic heterocycles. The molecule has 0 saturated heterocycles. The van der Waals surface area contributed by atoms with Crippen LogP contribution in [0, 0.1) is 0 Å². The van der Waals surface area contributed by atoms with E-state index >= 15 is 0 Å². The molecule has 4 rings (SSSR count). The zero-order chi connectivity index (χ0) is 15.7. The van der Waals surface area contributed by atoms with E-state index in [0.29, 0.717) is 0 Å². The van der Waals surface area contributed by atoms with Crippen LogP contribution in [0.2, 0.25) is 0 Å². The van der Waals surface area contributed by atoms with E-state index in [1.807, 2.05) is 30.3 Å². The van der Waals surface area contributed by atoms with E-state index in [4.69, 9.17) is 0 Å². The van der Waals surface area contributed by atoms with E-state index in [2.05, 4.69) is 84.9 Å². The Morgan fingerprint density at radius 3 is 1.44 bits per heavy atom. The van der Waals surface area contributed by atoms with Gasteiger partial charge in [0, 0.05) is 0 Å². The van der Waals surface area contributed by atoms with Crippen LogP contribution in [0.1, 0.15) is 0 Å². The van der Waals surface area contributed by atoms with Crippen LogP contribution < -0.4 is 15.9 Å². The number of rotatable bonds is 3. The van der Waals surface area contributed by atoms with Crippen molar-refractivity contribution < 1.29 is 17.1 Å². The molecular formula is C22H20ClFeP. The van der Waals surface area contributed by atoms with Gasteiger partial charge in [0.2, 0.25) is 0 Å². The first-order valence-corrected chi connectivity index (χ1v) is 9.08. The molecule has 0 amide bonds. The molecule has 4 aromatic rings. The Hall–Kier alpha value is -1.62. The Kier molecular flexibility index (Phi) is 10.2. The molecule has 0 aromatic heterocycles. The summed E-state index contributed by atoms with van der Waals surface area (Å²) in [6.07, 6.45) is 0. The molecule has 0 heterocycles. The van der Waals surface area contributed by atoms with Crippen molar-refractivity contribution in [3.63, 3.8) is 0 Å².